The van der Waals surface area contributed by atoms with Crippen molar-refractivity contribution in [2.24, 2.45) is 5.92 Å². The average molecular weight is 299 g/mol. The summed E-state index contributed by atoms with van der Waals surface area (Å²) in [7, 11) is 0. The summed E-state index contributed by atoms with van der Waals surface area (Å²) >= 11 is 6.18. The molecule has 2 nitrogen and oxygen atoms in total. The van der Waals surface area contributed by atoms with E-state index in [2.05, 4.69) is 24.1 Å². The smallest absolute Gasteiger partial charge is 0.123 e. The number of nitrogens with one attached hydrogen (secondary N) is 1. The summed E-state index contributed by atoms with van der Waals surface area (Å²) in [5.74, 6) is 0.464. The molecule has 0 aromatic heterocycles. The molecule has 0 saturated carbocycles. The van der Waals surface area contributed by atoms with Gasteiger partial charge in [-0.3, -0.25) is 4.90 Å². The van der Waals surface area contributed by atoms with Crippen LogP contribution in [-0.2, 0) is 6.54 Å². The summed E-state index contributed by atoms with van der Waals surface area (Å²) in [5.41, 5.74) is 0.879. The molecule has 0 spiro atoms. The SMILES string of the molecule is CC(C)N(Cc1cc(F)ccc1Cl)CC1CCCNC1. The van der Waals surface area contributed by atoms with Crippen LogP contribution in [0.5, 0.6) is 0 Å². The Balaban J connectivity index is 2.02. The van der Waals surface area contributed by atoms with Crippen molar-refractivity contribution in [3.05, 3.63) is 34.6 Å². The first kappa shape index (κ1) is 15.7. The van der Waals surface area contributed by atoms with E-state index in [1.165, 1.54) is 18.9 Å². The van der Waals surface area contributed by atoms with Gasteiger partial charge in [0.1, 0.15) is 5.82 Å². The van der Waals surface area contributed by atoms with Crippen molar-refractivity contribution < 1.29 is 4.39 Å². The molecule has 1 unspecified atom stereocenters. The predicted molar refractivity (Wildman–Crippen MR) is 82.5 cm³/mol. The number of hydrogen-bond donors (Lipinski definition) is 1. The molecule has 112 valence electrons. The summed E-state index contributed by atoms with van der Waals surface area (Å²) in [6.07, 6.45) is 2.52. The second-order valence-corrected chi connectivity index (χ2v) is 6.38. The predicted octanol–water partition coefficient (Wildman–Crippen LogP) is 3.69. The Morgan fingerprint density at radius 3 is 2.90 bits per heavy atom. The molecule has 0 radical (unpaired) electrons. The van der Waals surface area contributed by atoms with E-state index in [0.717, 1.165) is 25.2 Å². The summed E-state index contributed by atoms with van der Waals surface area (Å²) in [6.45, 7) is 8.34. The van der Waals surface area contributed by atoms with Crippen molar-refractivity contribution in [2.45, 2.75) is 39.3 Å². The van der Waals surface area contributed by atoms with E-state index in [4.69, 9.17) is 11.6 Å². The van der Waals surface area contributed by atoms with Crippen LogP contribution in [0.2, 0.25) is 5.02 Å². The summed E-state index contributed by atoms with van der Waals surface area (Å²) in [5, 5.41) is 4.10. The van der Waals surface area contributed by atoms with Crippen LogP contribution in [-0.4, -0.2) is 30.6 Å². The fraction of sp³-hybridized carbons (Fsp3) is 0.625. The Hall–Kier alpha value is -0.640. The minimum absolute atomic E-state index is 0.215. The minimum Gasteiger partial charge on any atom is -0.316 e. The van der Waals surface area contributed by atoms with Crippen molar-refractivity contribution in [1.82, 2.24) is 10.2 Å². The Morgan fingerprint density at radius 1 is 1.45 bits per heavy atom. The normalized spacial score (nSPS) is 19.8. The number of halogens is 2. The van der Waals surface area contributed by atoms with Crippen molar-refractivity contribution in [2.75, 3.05) is 19.6 Å². The number of rotatable bonds is 5. The van der Waals surface area contributed by atoms with Gasteiger partial charge in [0.05, 0.1) is 0 Å². The van der Waals surface area contributed by atoms with Crippen LogP contribution in [0.25, 0.3) is 0 Å². The van der Waals surface area contributed by atoms with Crippen LogP contribution in [0.4, 0.5) is 4.39 Å². The summed E-state index contributed by atoms with van der Waals surface area (Å²) in [6, 6.07) is 5.04. The number of piperidine rings is 1. The van der Waals surface area contributed by atoms with Gasteiger partial charge in [-0.15, -0.1) is 0 Å². The first-order valence-corrected chi connectivity index (χ1v) is 7.82. The maximum atomic E-state index is 13.4. The van der Waals surface area contributed by atoms with Crippen LogP contribution in [0.3, 0.4) is 0 Å². The summed E-state index contributed by atoms with van der Waals surface area (Å²) in [4.78, 5) is 2.39. The Labute approximate surface area is 126 Å². The number of hydrogen-bond acceptors (Lipinski definition) is 2. The highest BCUT2D eigenvalue weighted by atomic mass is 35.5. The maximum absolute atomic E-state index is 13.4. The lowest BCUT2D eigenvalue weighted by atomic mass is 9.98. The van der Waals surface area contributed by atoms with Crippen molar-refractivity contribution in [3.63, 3.8) is 0 Å². The molecule has 1 aliphatic heterocycles. The van der Waals surface area contributed by atoms with E-state index in [-0.39, 0.29) is 5.82 Å². The third-order valence-electron chi connectivity index (χ3n) is 4.00. The van der Waals surface area contributed by atoms with Crippen molar-refractivity contribution in [3.8, 4) is 0 Å². The van der Waals surface area contributed by atoms with Crippen molar-refractivity contribution >= 4 is 11.6 Å². The van der Waals surface area contributed by atoms with Gasteiger partial charge in [-0.05, 0) is 69.5 Å². The lowest BCUT2D eigenvalue weighted by Crippen LogP contribution is -2.40. The summed E-state index contributed by atoms with van der Waals surface area (Å²) < 4.78 is 13.4. The van der Waals surface area contributed by atoms with E-state index in [0.29, 0.717) is 23.5 Å². The molecule has 0 aliphatic carbocycles. The molecule has 1 atom stereocenters. The Bertz CT molecular complexity index is 430. The zero-order valence-electron chi connectivity index (χ0n) is 12.3. The van der Waals surface area contributed by atoms with Crippen LogP contribution in [0.15, 0.2) is 18.2 Å². The highest BCUT2D eigenvalue weighted by molar-refractivity contribution is 6.31. The number of benzene rings is 1. The first-order valence-electron chi connectivity index (χ1n) is 7.45. The molecule has 1 aromatic rings. The maximum Gasteiger partial charge on any atom is 0.123 e. The van der Waals surface area contributed by atoms with Gasteiger partial charge in [0, 0.05) is 24.2 Å². The van der Waals surface area contributed by atoms with Gasteiger partial charge in [0.15, 0.2) is 0 Å². The molecule has 4 heteroatoms. The standard InChI is InChI=1S/C16H24ClFN2/c1-12(2)20(10-13-4-3-7-19-9-13)11-14-8-15(18)5-6-16(14)17/h5-6,8,12-13,19H,3-4,7,9-11H2,1-2H3. The molecular formula is C16H24ClFN2. The van der Waals surface area contributed by atoms with Crippen LogP contribution in [0.1, 0.15) is 32.3 Å². The van der Waals surface area contributed by atoms with E-state index >= 15 is 0 Å². The van der Waals surface area contributed by atoms with E-state index in [9.17, 15) is 4.39 Å². The second-order valence-electron chi connectivity index (χ2n) is 5.97. The molecule has 1 aliphatic rings. The number of nitrogens with zero attached hydrogens (tertiary/aromatic N) is 1. The van der Waals surface area contributed by atoms with Gasteiger partial charge in [-0.1, -0.05) is 11.6 Å². The largest absolute Gasteiger partial charge is 0.316 e. The third kappa shape index (κ3) is 4.44. The molecule has 1 N–H and O–H groups in total. The molecular weight excluding hydrogens is 275 g/mol. The zero-order valence-corrected chi connectivity index (χ0v) is 13.1. The lowest BCUT2D eigenvalue weighted by molar-refractivity contribution is 0.164. The van der Waals surface area contributed by atoms with E-state index < -0.39 is 0 Å². The van der Waals surface area contributed by atoms with Crippen LogP contribution < -0.4 is 5.32 Å². The topological polar surface area (TPSA) is 15.3 Å². The van der Waals surface area contributed by atoms with Gasteiger partial charge >= 0.3 is 0 Å². The van der Waals surface area contributed by atoms with Gasteiger partial charge < -0.3 is 5.32 Å². The van der Waals surface area contributed by atoms with Gasteiger partial charge in [0.2, 0.25) is 0 Å². The monoisotopic (exact) mass is 298 g/mol. The molecule has 0 bridgehead atoms. The highest BCUT2D eigenvalue weighted by Gasteiger charge is 2.19. The van der Waals surface area contributed by atoms with Gasteiger partial charge in [0.25, 0.3) is 0 Å². The Kier molecular flexibility index (Phi) is 5.82. The molecule has 2 rings (SSSR count). The lowest BCUT2D eigenvalue weighted by Gasteiger charge is -2.33. The first-order chi connectivity index (χ1) is 9.56. The average Bonchev–Trinajstić information content (AvgIpc) is 2.43. The van der Waals surface area contributed by atoms with E-state index in [1.807, 2.05) is 0 Å². The zero-order chi connectivity index (χ0) is 14.5. The molecule has 20 heavy (non-hydrogen) atoms. The second kappa shape index (κ2) is 7.39. The highest BCUT2D eigenvalue weighted by Crippen LogP contribution is 2.21. The van der Waals surface area contributed by atoms with E-state index in [1.54, 1.807) is 12.1 Å². The quantitative estimate of drug-likeness (QED) is 0.892. The fourth-order valence-electron chi connectivity index (χ4n) is 2.75. The fourth-order valence-corrected chi connectivity index (χ4v) is 2.93. The third-order valence-corrected chi connectivity index (χ3v) is 4.37. The van der Waals surface area contributed by atoms with Crippen LogP contribution >= 0.6 is 11.6 Å². The molecule has 1 heterocycles. The van der Waals surface area contributed by atoms with Crippen molar-refractivity contribution in [1.29, 1.82) is 0 Å². The Morgan fingerprint density at radius 2 is 2.25 bits per heavy atom. The van der Waals surface area contributed by atoms with Gasteiger partial charge in [-0.25, -0.2) is 4.39 Å². The van der Waals surface area contributed by atoms with Gasteiger partial charge in [-0.2, -0.15) is 0 Å². The molecule has 1 aromatic carbocycles. The van der Waals surface area contributed by atoms with Crippen LogP contribution in [0, 0.1) is 11.7 Å². The molecule has 0 amide bonds. The molecule has 1 saturated heterocycles. The molecule has 1 fully saturated rings. The minimum atomic E-state index is -0.215.